The first-order valence-electron chi connectivity index (χ1n) is 7.92. The van der Waals surface area contributed by atoms with Gasteiger partial charge in [0.2, 0.25) is 0 Å². The number of carbonyl (C=O) groups is 1. The van der Waals surface area contributed by atoms with E-state index in [0.717, 1.165) is 26.8 Å². The molecule has 0 radical (unpaired) electrons. The molecule has 0 aliphatic rings. The largest absolute Gasteiger partial charge is 0.481 e. The fourth-order valence-corrected chi connectivity index (χ4v) is 3.90. The summed E-state index contributed by atoms with van der Waals surface area (Å²) in [4.78, 5) is 39.0. The Hall–Kier alpha value is -2.67. The Balaban J connectivity index is 2.15. The van der Waals surface area contributed by atoms with Crippen molar-refractivity contribution >= 4 is 27.5 Å². The highest BCUT2D eigenvalue weighted by atomic mass is 32.1. The maximum absolute atomic E-state index is 12.9. The van der Waals surface area contributed by atoms with Crippen LogP contribution in [0, 0.1) is 13.8 Å². The zero-order valence-electron chi connectivity index (χ0n) is 14.0. The van der Waals surface area contributed by atoms with Gasteiger partial charge in [-0.1, -0.05) is 23.8 Å². The van der Waals surface area contributed by atoms with Gasteiger partial charge in [-0.25, -0.2) is 4.79 Å². The molecule has 2 heterocycles. The molecule has 2 aromatic heterocycles. The molecule has 2 N–H and O–H groups in total. The maximum atomic E-state index is 12.9. The highest BCUT2D eigenvalue weighted by Crippen LogP contribution is 2.32. The molecular formula is C18H18N2O4S. The number of carboxylic acids is 1. The normalized spacial score (nSPS) is 11.1. The van der Waals surface area contributed by atoms with Gasteiger partial charge in [-0.05, 0) is 31.4 Å². The van der Waals surface area contributed by atoms with Gasteiger partial charge in [0.1, 0.15) is 4.83 Å². The van der Waals surface area contributed by atoms with Gasteiger partial charge in [-0.3, -0.25) is 19.1 Å². The SMILES string of the molecule is Cc1ccc(-c2csc3[nH]c(=O)n(CCCC(=O)O)c(=O)c23)c(C)c1. The Morgan fingerprint density at radius 3 is 2.68 bits per heavy atom. The van der Waals surface area contributed by atoms with Crippen molar-refractivity contribution in [3.63, 3.8) is 0 Å². The summed E-state index contributed by atoms with van der Waals surface area (Å²) >= 11 is 1.32. The van der Waals surface area contributed by atoms with Crippen LogP contribution in [0.2, 0.25) is 0 Å². The van der Waals surface area contributed by atoms with Crippen LogP contribution in [0.25, 0.3) is 21.3 Å². The van der Waals surface area contributed by atoms with E-state index in [9.17, 15) is 14.4 Å². The molecule has 0 bridgehead atoms. The van der Waals surface area contributed by atoms with Crippen molar-refractivity contribution in [3.05, 3.63) is 55.5 Å². The number of fused-ring (bicyclic) bond motifs is 1. The molecule has 0 aliphatic heterocycles. The number of benzene rings is 1. The number of hydrogen-bond acceptors (Lipinski definition) is 4. The lowest BCUT2D eigenvalue weighted by Gasteiger charge is -2.07. The average molecular weight is 358 g/mol. The molecule has 25 heavy (non-hydrogen) atoms. The van der Waals surface area contributed by atoms with E-state index in [4.69, 9.17) is 5.11 Å². The van der Waals surface area contributed by atoms with Crippen LogP contribution in [0.5, 0.6) is 0 Å². The lowest BCUT2D eigenvalue weighted by atomic mass is 9.99. The Labute approximate surface area is 147 Å². The second-order valence-electron chi connectivity index (χ2n) is 6.06. The first-order chi connectivity index (χ1) is 11.9. The van der Waals surface area contributed by atoms with Crippen LogP contribution in [0.15, 0.2) is 33.2 Å². The third-order valence-corrected chi connectivity index (χ3v) is 5.06. The van der Waals surface area contributed by atoms with E-state index in [2.05, 4.69) is 11.1 Å². The average Bonchev–Trinajstić information content (AvgIpc) is 2.94. The summed E-state index contributed by atoms with van der Waals surface area (Å²) in [6.45, 7) is 4.08. The minimum absolute atomic E-state index is 0.0819. The molecule has 0 atom stereocenters. The first-order valence-corrected chi connectivity index (χ1v) is 8.80. The Morgan fingerprint density at radius 1 is 1.24 bits per heavy atom. The van der Waals surface area contributed by atoms with Crippen molar-refractivity contribution in [2.45, 2.75) is 33.2 Å². The number of thiophene rings is 1. The lowest BCUT2D eigenvalue weighted by Crippen LogP contribution is -2.35. The summed E-state index contributed by atoms with van der Waals surface area (Å²) in [7, 11) is 0. The zero-order chi connectivity index (χ0) is 18.1. The molecule has 3 aromatic rings. The van der Waals surface area contributed by atoms with E-state index in [1.54, 1.807) is 0 Å². The van der Waals surface area contributed by atoms with Crippen molar-refractivity contribution in [2.24, 2.45) is 0 Å². The second kappa shape index (κ2) is 6.68. The summed E-state index contributed by atoms with van der Waals surface area (Å²) in [6.07, 6.45) is 0.143. The van der Waals surface area contributed by atoms with Crippen molar-refractivity contribution in [1.82, 2.24) is 9.55 Å². The van der Waals surface area contributed by atoms with Crippen LogP contribution in [0.3, 0.4) is 0 Å². The number of nitrogens with one attached hydrogen (secondary N) is 1. The van der Waals surface area contributed by atoms with Crippen molar-refractivity contribution in [2.75, 3.05) is 0 Å². The molecule has 0 saturated carbocycles. The third-order valence-electron chi connectivity index (χ3n) is 4.16. The van der Waals surface area contributed by atoms with Gasteiger partial charge in [0.15, 0.2) is 0 Å². The molecule has 6 nitrogen and oxygen atoms in total. The van der Waals surface area contributed by atoms with Crippen LogP contribution < -0.4 is 11.2 Å². The number of aryl methyl sites for hydroxylation is 2. The van der Waals surface area contributed by atoms with Gasteiger partial charge in [0.25, 0.3) is 5.56 Å². The fourth-order valence-electron chi connectivity index (χ4n) is 2.96. The third kappa shape index (κ3) is 3.28. The number of carboxylic acid groups (broad SMARTS) is 1. The molecule has 0 saturated heterocycles. The number of H-pyrrole nitrogens is 1. The lowest BCUT2D eigenvalue weighted by molar-refractivity contribution is -0.137. The van der Waals surface area contributed by atoms with E-state index < -0.39 is 11.7 Å². The molecule has 130 valence electrons. The second-order valence-corrected chi connectivity index (χ2v) is 6.94. The highest BCUT2D eigenvalue weighted by molar-refractivity contribution is 7.17. The molecule has 0 spiro atoms. The van der Waals surface area contributed by atoms with Crippen LogP contribution in [-0.4, -0.2) is 20.6 Å². The van der Waals surface area contributed by atoms with E-state index in [-0.39, 0.29) is 24.9 Å². The summed E-state index contributed by atoms with van der Waals surface area (Å²) < 4.78 is 1.09. The van der Waals surface area contributed by atoms with Crippen molar-refractivity contribution in [3.8, 4) is 11.1 Å². The van der Waals surface area contributed by atoms with Crippen LogP contribution in [0.1, 0.15) is 24.0 Å². The molecule has 0 amide bonds. The van der Waals surface area contributed by atoms with Crippen molar-refractivity contribution in [1.29, 1.82) is 0 Å². The molecule has 0 aliphatic carbocycles. The Morgan fingerprint density at radius 2 is 2.00 bits per heavy atom. The summed E-state index contributed by atoms with van der Waals surface area (Å²) in [5, 5.41) is 11.1. The first kappa shape index (κ1) is 17.2. The number of hydrogen-bond donors (Lipinski definition) is 2. The van der Waals surface area contributed by atoms with Gasteiger partial charge < -0.3 is 5.11 Å². The minimum atomic E-state index is -0.947. The monoisotopic (exact) mass is 358 g/mol. The number of rotatable bonds is 5. The zero-order valence-corrected chi connectivity index (χ0v) is 14.8. The quantitative estimate of drug-likeness (QED) is 0.733. The minimum Gasteiger partial charge on any atom is -0.481 e. The standard InChI is InChI=1S/C18H18N2O4S/c1-10-5-6-12(11(2)8-10)13-9-25-16-15(13)17(23)20(18(24)19-16)7-3-4-14(21)22/h5-6,8-9H,3-4,7H2,1-2H3,(H,19,24)(H,21,22). The molecule has 0 fully saturated rings. The van der Waals surface area contributed by atoms with Gasteiger partial charge in [0, 0.05) is 23.9 Å². The number of aromatic nitrogens is 2. The van der Waals surface area contributed by atoms with E-state index in [0.29, 0.717) is 10.2 Å². The highest BCUT2D eigenvalue weighted by Gasteiger charge is 2.16. The number of aromatic amines is 1. The van der Waals surface area contributed by atoms with E-state index in [1.807, 2.05) is 31.4 Å². The number of nitrogens with zero attached hydrogens (tertiary/aromatic N) is 1. The maximum Gasteiger partial charge on any atom is 0.329 e. The Bertz CT molecular complexity index is 1070. The van der Waals surface area contributed by atoms with Crippen LogP contribution in [0.4, 0.5) is 0 Å². The van der Waals surface area contributed by atoms with Crippen molar-refractivity contribution < 1.29 is 9.90 Å². The predicted molar refractivity (Wildman–Crippen MR) is 98.5 cm³/mol. The summed E-state index contributed by atoms with van der Waals surface area (Å²) in [5.74, 6) is -0.947. The molecule has 3 rings (SSSR count). The van der Waals surface area contributed by atoms with E-state index >= 15 is 0 Å². The molecule has 7 heteroatoms. The number of aliphatic carboxylic acids is 1. The summed E-state index contributed by atoms with van der Waals surface area (Å²) in [5.41, 5.74) is 3.07. The topological polar surface area (TPSA) is 92.2 Å². The fraction of sp³-hybridized carbons (Fsp3) is 0.278. The molecule has 0 unspecified atom stereocenters. The Kier molecular flexibility index (Phi) is 4.59. The smallest absolute Gasteiger partial charge is 0.329 e. The van der Waals surface area contributed by atoms with Gasteiger partial charge >= 0.3 is 11.7 Å². The van der Waals surface area contributed by atoms with E-state index in [1.165, 1.54) is 11.3 Å². The van der Waals surface area contributed by atoms with Crippen LogP contribution in [-0.2, 0) is 11.3 Å². The van der Waals surface area contributed by atoms with Gasteiger partial charge in [-0.2, -0.15) is 0 Å². The predicted octanol–water partition coefficient (Wildman–Crippen LogP) is 2.90. The van der Waals surface area contributed by atoms with Gasteiger partial charge in [0.05, 0.1) is 5.39 Å². The summed E-state index contributed by atoms with van der Waals surface area (Å²) in [6, 6.07) is 6.02. The van der Waals surface area contributed by atoms with Crippen LogP contribution >= 0.6 is 11.3 Å². The molecular weight excluding hydrogens is 340 g/mol. The van der Waals surface area contributed by atoms with Gasteiger partial charge in [-0.15, -0.1) is 11.3 Å². The molecule has 1 aromatic carbocycles.